The standard InChI is InChI=1S/C5H10F4O3S/c1-4(2,6)3-12-13(10,11)5(7,8)9/h10-11H,3H2,1-2H3. The summed E-state index contributed by atoms with van der Waals surface area (Å²) in [6.45, 7) is 0.882. The highest BCUT2D eigenvalue weighted by Gasteiger charge is 2.51. The van der Waals surface area contributed by atoms with Crippen molar-refractivity contribution in [1.29, 1.82) is 0 Å². The van der Waals surface area contributed by atoms with E-state index in [1.54, 1.807) is 0 Å². The van der Waals surface area contributed by atoms with Gasteiger partial charge in [-0.15, -0.1) is 0 Å². The third-order valence-corrected chi connectivity index (χ3v) is 1.92. The van der Waals surface area contributed by atoms with Crippen molar-refractivity contribution in [3.63, 3.8) is 0 Å². The van der Waals surface area contributed by atoms with Crippen molar-refractivity contribution in [2.24, 2.45) is 0 Å². The van der Waals surface area contributed by atoms with Crippen LogP contribution in [0.1, 0.15) is 13.8 Å². The largest absolute Gasteiger partial charge is 0.493 e. The van der Waals surface area contributed by atoms with Gasteiger partial charge in [0.05, 0.1) is 6.61 Å². The minimum absolute atomic E-state index is 0.957. The molecule has 2 N–H and O–H groups in total. The van der Waals surface area contributed by atoms with E-state index in [0.717, 1.165) is 13.8 Å². The Bertz CT molecular complexity index is 174. The van der Waals surface area contributed by atoms with Crippen molar-refractivity contribution in [3.8, 4) is 0 Å². The summed E-state index contributed by atoms with van der Waals surface area (Å²) in [6, 6.07) is 0. The number of halogens is 4. The normalized spacial score (nSPS) is 16.0. The first kappa shape index (κ1) is 12.9. The zero-order chi connectivity index (χ0) is 10.9. The van der Waals surface area contributed by atoms with Crippen molar-refractivity contribution >= 4 is 10.9 Å². The summed E-state index contributed by atoms with van der Waals surface area (Å²) in [4.78, 5) is 0. The summed E-state index contributed by atoms with van der Waals surface area (Å²) in [6.07, 6.45) is 0. The lowest BCUT2D eigenvalue weighted by atomic mass is 10.2. The van der Waals surface area contributed by atoms with Crippen molar-refractivity contribution in [1.82, 2.24) is 0 Å². The van der Waals surface area contributed by atoms with Crippen LogP contribution in [0.25, 0.3) is 0 Å². The summed E-state index contributed by atoms with van der Waals surface area (Å²) >= 11 is 0. The van der Waals surface area contributed by atoms with Crippen LogP contribution in [0.15, 0.2) is 0 Å². The molecule has 82 valence electrons. The predicted octanol–water partition coefficient (Wildman–Crippen LogP) is 2.94. The molecular weight excluding hydrogens is 216 g/mol. The number of hydrogen-bond donors (Lipinski definition) is 2. The number of alkyl halides is 4. The SMILES string of the molecule is CC(C)(F)COS(O)(O)C(F)(F)F. The van der Waals surface area contributed by atoms with Gasteiger partial charge < -0.3 is 9.11 Å². The zero-order valence-electron chi connectivity index (χ0n) is 6.93. The average molecular weight is 226 g/mol. The van der Waals surface area contributed by atoms with Crippen LogP contribution >= 0.6 is 10.9 Å². The van der Waals surface area contributed by atoms with Crippen LogP contribution in [0.5, 0.6) is 0 Å². The van der Waals surface area contributed by atoms with Crippen LogP contribution in [0, 0.1) is 0 Å². The van der Waals surface area contributed by atoms with E-state index < -0.39 is 28.7 Å². The monoisotopic (exact) mass is 226 g/mol. The third kappa shape index (κ3) is 4.65. The molecule has 0 aromatic rings. The molecule has 0 bridgehead atoms. The first-order valence-electron chi connectivity index (χ1n) is 3.13. The highest BCUT2D eigenvalue weighted by atomic mass is 32.3. The molecule has 0 fully saturated rings. The fraction of sp³-hybridized carbons (Fsp3) is 1.00. The molecule has 0 aliphatic rings. The molecule has 0 amide bonds. The summed E-state index contributed by atoms with van der Waals surface area (Å²) in [5, 5.41) is 0. The van der Waals surface area contributed by atoms with Gasteiger partial charge in [0, 0.05) is 0 Å². The lowest BCUT2D eigenvalue weighted by Gasteiger charge is -2.29. The van der Waals surface area contributed by atoms with Crippen LogP contribution in [0.3, 0.4) is 0 Å². The van der Waals surface area contributed by atoms with Gasteiger partial charge in [-0.2, -0.15) is 13.2 Å². The zero-order valence-corrected chi connectivity index (χ0v) is 7.75. The van der Waals surface area contributed by atoms with Gasteiger partial charge in [-0.3, -0.25) is 4.18 Å². The molecule has 0 atom stereocenters. The first-order chi connectivity index (χ1) is 5.46. The molecule has 0 saturated heterocycles. The van der Waals surface area contributed by atoms with E-state index in [1.807, 2.05) is 0 Å². The smallest absolute Gasteiger partial charge is 0.301 e. The molecule has 0 aliphatic carbocycles. The molecule has 0 radical (unpaired) electrons. The van der Waals surface area contributed by atoms with E-state index in [4.69, 9.17) is 9.11 Å². The summed E-state index contributed by atoms with van der Waals surface area (Å²) in [5.74, 6) is 0. The Morgan fingerprint density at radius 2 is 1.54 bits per heavy atom. The molecule has 0 aliphatic heterocycles. The fourth-order valence-electron chi connectivity index (χ4n) is 0.289. The number of hydrogen-bond acceptors (Lipinski definition) is 3. The van der Waals surface area contributed by atoms with Gasteiger partial charge in [0.15, 0.2) is 10.9 Å². The molecule has 0 rings (SSSR count). The second kappa shape index (κ2) is 3.60. The van der Waals surface area contributed by atoms with Gasteiger partial charge in [0.1, 0.15) is 5.67 Å². The Morgan fingerprint density at radius 3 is 1.77 bits per heavy atom. The fourth-order valence-corrected chi connectivity index (χ4v) is 0.867. The second-order valence-corrected chi connectivity index (χ2v) is 4.62. The van der Waals surface area contributed by atoms with Crippen molar-refractivity contribution in [2.75, 3.05) is 6.61 Å². The lowest BCUT2D eigenvalue weighted by Crippen LogP contribution is -2.28. The molecule has 13 heavy (non-hydrogen) atoms. The number of rotatable bonds is 3. The topological polar surface area (TPSA) is 49.7 Å². The summed E-state index contributed by atoms with van der Waals surface area (Å²) in [7, 11) is -5.17. The minimum Gasteiger partial charge on any atom is -0.301 e. The van der Waals surface area contributed by atoms with E-state index in [9.17, 15) is 17.6 Å². The molecule has 0 aromatic carbocycles. The molecule has 8 heteroatoms. The Kier molecular flexibility index (Phi) is 3.59. The highest BCUT2D eigenvalue weighted by molar-refractivity contribution is 8.20. The lowest BCUT2D eigenvalue weighted by molar-refractivity contribution is -0.0698. The molecule has 3 nitrogen and oxygen atoms in total. The summed E-state index contributed by atoms with van der Waals surface area (Å²) in [5.41, 5.74) is -7.33. The molecule has 0 aromatic heterocycles. The van der Waals surface area contributed by atoms with Crippen molar-refractivity contribution < 1.29 is 30.9 Å². The van der Waals surface area contributed by atoms with E-state index in [2.05, 4.69) is 4.18 Å². The van der Waals surface area contributed by atoms with E-state index in [0.29, 0.717) is 0 Å². The van der Waals surface area contributed by atoms with Gasteiger partial charge in [-0.05, 0) is 13.8 Å². The maximum Gasteiger partial charge on any atom is 0.493 e. The van der Waals surface area contributed by atoms with Gasteiger partial charge in [0.25, 0.3) is 0 Å². The quantitative estimate of drug-likeness (QED) is 0.727. The minimum atomic E-state index is -5.28. The van der Waals surface area contributed by atoms with Crippen LogP contribution in [-0.2, 0) is 4.18 Å². The van der Waals surface area contributed by atoms with Gasteiger partial charge in [-0.1, -0.05) is 0 Å². The molecule has 0 unspecified atom stereocenters. The van der Waals surface area contributed by atoms with Gasteiger partial charge >= 0.3 is 5.51 Å². The Labute approximate surface area is 74.2 Å². The summed E-state index contributed by atoms with van der Waals surface area (Å²) < 4.78 is 68.0. The molecule has 0 heterocycles. The molecule has 0 spiro atoms. The second-order valence-electron chi connectivity index (χ2n) is 2.92. The van der Waals surface area contributed by atoms with E-state index >= 15 is 0 Å². The van der Waals surface area contributed by atoms with Crippen LogP contribution < -0.4 is 0 Å². The van der Waals surface area contributed by atoms with Gasteiger partial charge in [0.2, 0.25) is 0 Å². The highest BCUT2D eigenvalue weighted by Crippen LogP contribution is 2.56. The Morgan fingerprint density at radius 1 is 1.15 bits per heavy atom. The average Bonchev–Trinajstić information content (AvgIpc) is 1.79. The first-order valence-corrected chi connectivity index (χ1v) is 4.61. The van der Waals surface area contributed by atoms with Crippen LogP contribution in [0.4, 0.5) is 17.6 Å². The van der Waals surface area contributed by atoms with Crippen molar-refractivity contribution in [3.05, 3.63) is 0 Å². The van der Waals surface area contributed by atoms with E-state index in [1.165, 1.54) is 0 Å². The van der Waals surface area contributed by atoms with Crippen LogP contribution in [-0.4, -0.2) is 26.9 Å². The maximum atomic E-state index is 12.6. The van der Waals surface area contributed by atoms with Gasteiger partial charge in [-0.25, -0.2) is 4.39 Å². The maximum absolute atomic E-state index is 12.6. The molecule has 0 saturated carbocycles. The van der Waals surface area contributed by atoms with Crippen molar-refractivity contribution in [2.45, 2.75) is 25.0 Å². The Hall–Kier alpha value is -0.0500. The Balaban J connectivity index is 4.21. The molecular formula is C5H10F4O3S. The third-order valence-electron chi connectivity index (χ3n) is 0.868. The predicted molar refractivity (Wildman–Crippen MR) is 40.0 cm³/mol. The van der Waals surface area contributed by atoms with Crippen LogP contribution in [0.2, 0.25) is 0 Å². The van der Waals surface area contributed by atoms with E-state index in [-0.39, 0.29) is 0 Å².